The first-order valence-electron chi connectivity index (χ1n) is 6.86. The Morgan fingerprint density at radius 3 is 2.73 bits per heavy atom. The van der Waals surface area contributed by atoms with E-state index >= 15 is 0 Å². The van der Waals surface area contributed by atoms with Crippen LogP contribution in [0.1, 0.15) is 11.1 Å². The molecular formula is C17H13N3O2. The van der Waals surface area contributed by atoms with Gasteiger partial charge in [0, 0.05) is 5.69 Å². The summed E-state index contributed by atoms with van der Waals surface area (Å²) in [6, 6.07) is 16.2. The van der Waals surface area contributed by atoms with Gasteiger partial charge in [-0.3, -0.25) is 9.59 Å². The maximum absolute atomic E-state index is 12.2. The number of benzene rings is 2. The molecule has 1 N–H and O–H groups in total. The molecule has 2 amide bonds. The Hall–Kier alpha value is -3.13. The zero-order chi connectivity index (χ0) is 15.5. The van der Waals surface area contributed by atoms with Gasteiger partial charge in [-0.25, -0.2) is 0 Å². The number of anilines is 2. The molecule has 5 nitrogen and oxygen atoms in total. The van der Waals surface area contributed by atoms with E-state index in [9.17, 15) is 9.59 Å². The van der Waals surface area contributed by atoms with E-state index in [0.717, 1.165) is 11.3 Å². The van der Waals surface area contributed by atoms with Crippen LogP contribution in [0.15, 0.2) is 48.5 Å². The normalized spacial score (nSPS) is 12.7. The van der Waals surface area contributed by atoms with Crippen LogP contribution in [-0.2, 0) is 16.0 Å². The minimum atomic E-state index is -0.326. The first kappa shape index (κ1) is 13.8. The van der Waals surface area contributed by atoms with Gasteiger partial charge in [0.15, 0.2) is 0 Å². The number of nitriles is 1. The molecule has 0 saturated carbocycles. The van der Waals surface area contributed by atoms with Crippen molar-refractivity contribution in [3.05, 3.63) is 59.7 Å². The molecule has 0 fully saturated rings. The fourth-order valence-corrected chi connectivity index (χ4v) is 2.51. The van der Waals surface area contributed by atoms with E-state index in [-0.39, 0.29) is 18.4 Å². The Kier molecular flexibility index (Phi) is 3.58. The van der Waals surface area contributed by atoms with Crippen LogP contribution in [0.5, 0.6) is 0 Å². The third kappa shape index (κ3) is 2.54. The predicted octanol–water partition coefficient (Wildman–Crippen LogP) is 2.09. The maximum Gasteiger partial charge on any atom is 0.244 e. The first-order chi connectivity index (χ1) is 10.7. The summed E-state index contributed by atoms with van der Waals surface area (Å²) in [6.45, 7) is -0.0599. The van der Waals surface area contributed by atoms with Crippen LogP contribution in [0, 0.1) is 11.3 Å². The smallest absolute Gasteiger partial charge is 0.244 e. The maximum atomic E-state index is 12.2. The Morgan fingerprint density at radius 2 is 1.91 bits per heavy atom. The second-order valence-corrected chi connectivity index (χ2v) is 4.99. The highest BCUT2D eigenvalue weighted by Gasteiger charge is 2.28. The van der Waals surface area contributed by atoms with Crippen molar-refractivity contribution in [1.82, 2.24) is 0 Å². The monoisotopic (exact) mass is 291 g/mol. The number of hydrogen-bond donors (Lipinski definition) is 1. The number of nitrogens with zero attached hydrogens (tertiary/aromatic N) is 2. The van der Waals surface area contributed by atoms with Gasteiger partial charge in [0.2, 0.25) is 11.8 Å². The van der Waals surface area contributed by atoms with Gasteiger partial charge in [-0.1, -0.05) is 30.3 Å². The highest BCUT2D eigenvalue weighted by Crippen LogP contribution is 2.28. The molecule has 0 spiro atoms. The molecule has 1 heterocycles. The van der Waals surface area contributed by atoms with Crippen LogP contribution < -0.4 is 10.2 Å². The molecule has 2 aromatic rings. The average molecular weight is 291 g/mol. The summed E-state index contributed by atoms with van der Waals surface area (Å²) in [6.07, 6.45) is 0.318. The van der Waals surface area contributed by atoms with Crippen molar-refractivity contribution in [2.24, 2.45) is 0 Å². The summed E-state index contributed by atoms with van der Waals surface area (Å²) < 4.78 is 0. The summed E-state index contributed by atoms with van der Waals surface area (Å²) in [4.78, 5) is 25.7. The second-order valence-electron chi connectivity index (χ2n) is 4.99. The molecule has 108 valence electrons. The van der Waals surface area contributed by atoms with Gasteiger partial charge in [0.25, 0.3) is 0 Å². The number of amides is 2. The number of fused-ring (bicyclic) bond motifs is 1. The van der Waals surface area contributed by atoms with Crippen molar-refractivity contribution >= 4 is 23.2 Å². The van der Waals surface area contributed by atoms with E-state index in [1.807, 2.05) is 30.3 Å². The molecule has 0 aromatic heterocycles. The summed E-state index contributed by atoms with van der Waals surface area (Å²) >= 11 is 0. The largest absolute Gasteiger partial charge is 0.323 e. The minimum absolute atomic E-state index is 0.0599. The van der Waals surface area contributed by atoms with Gasteiger partial charge in [0.05, 0.1) is 17.7 Å². The Labute approximate surface area is 127 Å². The van der Waals surface area contributed by atoms with Gasteiger partial charge in [-0.05, 0) is 23.8 Å². The Morgan fingerprint density at radius 1 is 1.18 bits per heavy atom. The molecule has 1 aliphatic heterocycles. The number of carbonyl (C=O) groups excluding carboxylic acids is 2. The molecule has 0 unspecified atom stereocenters. The lowest BCUT2D eigenvalue weighted by Gasteiger charge is -2.17. The third-order valence-electron chi connectivity index (χ3n) is 3.55. The van der Waals surface area contributed by atoms with Gasteiger partial charge in [-0.15, -0.1) is 0 Å². The van der Waals surface area contributed by atoms with E-state index in [1.165, 1.54) is 4.90 Å². The fourth-order valence-electron chi connectivity index (χ4n) is 2.51. The molecule has 2 aromatic carbocycles. The van der Waals surface area contributed by atoms with Crippen LogP contribution in [-0.4, -0.2) is 18.4 Å². The lowest BCUT2D eigenvalue weighted by molar-refractivity contribution is -0.120. The lowest BCUT2D eigenvalue weighted by atomic mass is 10.2. The zero-order valence-electron chi connectivity index (χ0n) is 11.7. The minimum Gasteiger partial charge on any atom is -0.323 e. The molecule has 0 bridgehead atoms. The van der Waals surface area contributed by atoms with Crippen LogP contribution >= 0.6 is 0 Å². The van der Waals surface area contributed by atoms with E-state index in [0.29, 0.717) is 17.7 Å². The molecule has 0 atom stereocenters. The number of nitrogens with one attached hydrogen (secondary N) is 1. The van der Waals surface area contributed by atoms with E-state index in [1.54, 1.807) is 24.3 Å². The van der Waals surface area contributed by atoms with Gasteiger partial charge in [0.1, 0.15) is 12.6 Å². The fraction of sp³-hybridized carbons (Fsp3) is 0.118. The van der Waals surface area contributed by atoms with Gasteiger partial charge in [-0.2, -0.15) is 5.26 Å². The van der Waals surface area contributed by atoms with Gasteiger partial charge < -0.3 is 10.2 Å². The van der Waals surface area contributed by atoms with Crippen molar-refractivity contribution in [2.75, 3.05) is 16.8 Å². The topological polar surface area (TPSA) is 73.2 Å². The highest BCUT2D eigenvalue weighted by molar-refractivity contribution is 6.07. The highest BCUT2D eigenvalue weighted by atomic mass is 16.2. The summed E-state index contributed by atoms with van der Waals surface area (Å²) in [5, 5.41) is 11.7. The van der Waals surface area contributed by atoms with Crippen molar-refractivity contribution in [2.45, 2.75) is 6.42 Å². The molecular weight excluding hydrogens is 278 g/mol. The SMILES string of the molecule is N#Cc1ccccc1NC(=O)CN1C(=O)Cc2ccccc21. The Balaban J connectivity index is 1.75. The average Bonchev–Trinajstić information content (AvgIpc) is 2.84. The first-order valence-corrected chi connectivity index (χ1v) is 6.86. The van der Waals surface area contributed by atoms with Crippen molar-refractivity contribution in [3.63, 3.8) is 0 Å². The van der Waals surface area contributed by atoms with Crippen molar-refractivity contribution in [3.8, 4) is 6.07 Å². The van der Waals surface area contributed by atoms with Crippen LogP contribution in [0.3, 0.4) is 0 Å². The van der Waals surface area contributed by atoms with Gasteiger partial charge >= 0.3 is 0 Å². The zero-order valence-corrected chi connectivity index (χ0v) is 11.7. The molecule has 5 heteroatoms. The number of hydrogen-bond acceptors (Lipinski definition) is 3. The number of rotatable bonds is 3. The van der Waals surface area contributed by atoms with Crippen molar-refractivity contribution < 1.29 is 9.59 Å². The van der Waals surface area contributed by atoms with Crippen LogP contribution in [0.2, 0.25) is 0 Å². The predicted molar refractivity (Wildman–Crippen MR) is 82.3 cm³/mol. The lowest BCUT2D eigenvalue weighted by Crippen LogP contribution is -2.35. The van der Waals surface area contributed by atoms with Crippen molar-refractivity contribution in [1.29, 1.82) is 5.26 Å². The Bertz CT molecular complexity index is 792. The third-order valence-corrected chi connectivity index (χ3v) is 3.55. The van der Waals surface area contributed by atoms with Crippen LogP contribution in [0.4, 0.5) is 11.4 Å². The molecule has 0 radical (unpaired) electrons. The number of para-hydroxylation sites is 2. The standard InChI is InChI=1S/C17H13N3O2/c18-10-13-6-1-3-7-14(13)19-16(21)11-20-15-8-4-2-5-12(15)9-17(20)22/h1-8H,9,11H2,(H,19,21). The summed E-state index contributed by atoms with van der Waals surface area (Å²) in [5.74, 6) is -0.419. The molecule has 0 aliphatic carbocycles. The summed E-state index contributed by atoms with van der Waals surface area (Å²) in [5.41, 5.74) is 2.55. The van der Waals surface area contributed by atoms with E-state index < -0.39 is 0 Å². The quantitative estimate of drug-likeness (QED) is 0.941. The second kappa shape index (κ2) is 5.70. The molecule has 0 saturated heterocycles. The molecule has 1 aliphatic rings. The van der Waals surface area contributed by atoms with Crippen LogP contribution in [0.25, 0.3) is 0 Å². The van der Waals surface area contributed by atoms with E-state index in [2.05, 4.69) is 5.32 Å². The molecule has 22 heavy (non-hydrogen) atoms. The summed E-state index contributed by atoms with van der Waals surface area (Å²) in [7, 11) is 0. The van der Waals surface area contributed by atoms with E-state index in [4.69, 9.17) is 5.26 Å². The number of carbonyl (C=O) groups is 2. The molecule has 3 rings (SSSR count).